The van der Waals surface area contributed by atoms with Gasteiger partial charge in [0.2, 0.25) is 0 Å². The molecule has 0 aliphatic carbocycles. The van der Waals surface area contributed by atoms with Crippen LogP contribution in [0.5, 0.6) is 0 Å². The van der Waals surface area contributed by atoms with Crippen LogP contribution in [0.4, 0.5) is 0 Å². The number of unbranched alkanes of at least 4 members (excludes halogenated alkanes) is 9. The van der Waals surface area contributed by atoms with Crippen LogP contribution >= 0.6 is 11.8 Å². The van der Waals surface area contributed by atoms with Crippen molar-refractivity contribution < 1.29 is 29.6 Å². The number of hydrogen-bond acceptors (Lipinski definition) is 7. The Balaban J connectivity index is 0. The van der Waals surface area contributed by atoms with Crippen molar-refractivity contribution in [3.05, 3.63) is 0 Å². The largest absolute Gasteiger partial charge is 0.481 e. The number of rotatable bonds is 22. The predicted octanol–water partition coefficient (Wildman–Crippen LogP) is 7.14. The van der Waals surface area contributed by atoms with E-state index in [4.69, 9.17) is 15.1 Å². The molecule has 0 spiro atoms. The highest BCUT2D eigenvalue weighted by Gasteiger charge is 2.26. The molecule has 35 heavy (non-hydrogen) atoms. The average molecular weight is 522 g/mol. The molecule has 0 fully saturated rings. The number of nitrogens with one attached hydrogen (secondary N) is 1. The van der Waals surface area contributed by atoms with Crippen molar-refractivity contribution in [1.82, 2.24) is 5.32 Å². The number of carboxylic acids is 1. The van der Waals surface area contributed by atoms with Gasteiger partial charge in [-0.15, -0.1) is 0 Å². The summed E-state index contributed by atoms with van der Waals surface area (Å²) in [7, 11) is 0. The lowest BCUT2D eigenvalue weighted by Crippen LogP contribution is -2.35. The lowest BCUT2D eigenvalue weighted by Gasteiger charge is -2.21. The summed E-state index contributed by atoms with van der Waals surface area (Å²) < 4.78 is 5.27. The lowest BCUT2D eigenvalue weighted by molar-refractivity contribution is -0.287. The number of esters is 1. The number of carboxylic acid groups (broad SMARTS) is 1. The highest BCUT2D eigenvalue weighted by molar-refractivity contribution is 7.98. The van der Waals surface area contributed by atoms with Gasteiger partial charge in [0.05, 0.1) is 11.3 Å². The summed E-state index contributed by atoms with van der Waals surface area (Å²) >= 11 is 1.94. The van der Waals surface area contributed by atoms with Gasteiger partial charge >= 0.3 is 11.9 Å². The molecule has 0 bridgehead atoms. The first-order valence-corrected chi connectivity index (χ1v) is 15.0. The second-order valence-electron chi connectivity index (χ2n) is 9.89. The van der Waals surface area contributed by atoms with Crippen molar-refractivity contribution in [2.24, 2.45) is 11.3 Å². The first-order chi connectivity index (χ1) is 16.7. The van der Waals surface area contributed by atoms with Crippen molar-refractivity contribution in [1.29, 1.82) is 0 Å². The maximum Gasteiger partial charge on any atom is 0.311 e. The lowest BCUT2D eigenvalue weighted by atomic mass is 9.91. The molecule has 2 atom stereocenters. The van der Waals surface area contributed by atoms with Gasteiger partial charge in [-0.05, 0) is 58.0 Å². The molecule has 8 heteroatoms. The minimum absolute atomic E-state index is 0.181. The quantitative estimate of drug-likeness (QED) is 0.0454. The summed E-state index contributed by atoms with van der Waals surface area (Å²) in [6.45, 7) is 10.1. The van der Waals surface area contributed by atoms with Crippen LogP contribution in [0.2, 0.25) is 0 Å². The van der Waals surface area contributed by atoms with Crippen LogP contribution < -0.4 is 5.32 Å². The van der Waals surface area contributed by atoms with E-state index in [0.717, 1.165) is 32.1 Å². The van der Waals surface area contributed by atoms with Crippen molar-refractivity contribution in [2.45, 2.75) is 124 Å². The molecule has 0 aromatic rings. The highest BCUT2D eigenvalue weighted by atomic mass is 32.2. The molecule has 0 aromatic carbocycles. The molecule has 0 aliphatic heterocycles. The monoisotopic (exact) mass is 521 g/mol. The average Bonchev–Trinajstić information content (AvgIpc) is 2.85. The van der Waals surface area contributed by atoms with E-state index in [-0.39, 0.29) is 18.1 Å². The van der Waals surface area contributed by atoms with E-state index >= 15 is 0 Å². The maximum atomic E-state index is 11.9. The van der Waals surface area contributed by atoms with Gasteiger partial charge in [0.25, 0.3) is 0 Å². The molecule has 0 aliphatic rings. The van der Waals surface area contributed by atoms with Crippen LogP contribution in [-0.4, -0.2) is 53.7 Å². The SMILES string of the molecule is CCC(C)(C)C(=O)OCCNC(CCCCCCCCCCCCSC)OO.CCC(C)C(=O)O. The van der Waals surface area contributed by atoms with E-state index in [9.17, 15) is 9.59 Å². The summed E-state index contributed by atoms with van der Waals surface area (Å²) in [5.74, 6) is 0.232. The van der Waals surface area contributed by atoms with Gasteiger partial charge in [0.1, 0.15) is 12.8 Å². The summed E-state index contributed by atoms with van der Waals surface area (Å²) in [4.78, 5) is 26.3. The van der Waals surface area contributed by atoms with E-state index in [1.807, 2.05) is 39.5 Å². The number of carbonyl (C=O) groups excluding carboxylic acids is 1. The molecular formula is C27H55NO6S. The van der Waals surface area contributed by atoms with Crippen molar-refractivity contribution in [3.8, 4) is 0 Å². The van der Waals surface area contributed by atoms with Gasteiger partial charge < -0.3 is 9.84 Å². The molecule has 0 aromatic heterocycles. The fraction of sp³-hybridized carbons (Fsp3) is 0.926. The predicted molar refractivity (Wildman–Crippen MR) is 147 cm³/mol. The second kappa shape index (κ2) is 24.8. The normalized spacial score (nSPS) is 13.0. The van der Waals surface area contributed by atoms with Crippen molar-refractivity contribution in [3.63, 3.8) is 0 Å². The molecule has 0 amide bonds. The number of ether oxygens (including phenoxy) is 1. The van der Waals surface area contributed by atoms with E-state index in [1.165, 1.54) is 57.1 Å². The first-order valence-electron chi connectivity index (χ1n) is 13.6. The maximum absolute atomic E-state index is 11.9. The number of aliphatic carboxylic acids is 1. The van der Waals surface area contributed by atoms with Crippen LogP contribution in [0.15, 0.2) is 0 Å². The van der Waals surface area contributed by atoms with E-state index in [1.54, 1.807) is 6.92 Å². The Morgan fingerprint density at radius 1 is 0.943 bits per heavy atom. The molecule has 0 saturated carbocycles. The molecule has 0 rings (SSSR count). The third kappa shape index (κ3) is 23.3. The Morgan fingerprint density at radius 3 is 1.86 bits per heavy atom. The zero-order valence-electron chi connectivity index (χ0n) is 23.4. The Bertz CT molecular complexity index is 504. The molecule has 0 saturated heterocycles. The summed E-state index contributed by atoms with van der Waals surface area (Å²) in [5.41, 5.74) is -0.443. The van der Waals surface area contributed by atoms with Crippen LogP contribution in [-0.2, 0) is 19.2 Å². The summed E-state index contributed by atoms with van der Waals surface area (Å²) in [5, 5.41) is 20.3. The fourth-order valence-corrected chi connectivity index (χ4v) is 3.55. The van der Waals surface area contributed by atoms with Crippen molar-refractivity contribution >= 4 is 23.7 Å². The van der Waals surface area contributed by atoms with Gasteiger partial charge in [-0.3, -0.25) is 20.2 Å². The summed E-state index contributed by atoms with van der Waals surface area (Å²) in [6, 6.07) is 0. The molecule has 210 valence electrons. The standard InChI is InChI=1S/C22H45NO4S.C5H10O2/c1-5-22(2,3)21(24)26-18-17-23-20(27-25)16-14-12-10-8-6-7-9-11-13-15-19-28-4;1-3-4(2)5(6)7/h20,23,25H,5-19H2,1-4H3;4H,3H2,1-2H3,(H,6,7). The van der Waals surface area contributed by atoms with Gasteiger partial charge in [-0.1, -0.05) is 72.1 Å². The van der Waals surface area contributed by atoms with Gasteiger partial charge in [-0.25, -0.2) is 4.89 Å². The number of thioether (sulfide) groups is 1. The minimum atomic E-state index is -0.706. The molecule has 7 nitrogen and oxygen atoms in total. The Labute approximate surface area is 219 Å². The minimum Gasteiger partial charge on any atom is -0.481 e. The second-order valence-corrected chi connectivity index (χ2v) is 10.9. The van der Waals surface area contributed by atoms with Crippen LogP contribution in [0, 0.1) is 11.3 Å². The Hall–Kier alpha value is -0.830. The van der Waals surface area contributed by atoms with Gasteiger partial charge in [-0.2, -0.15) is 11.8 Å². The molecular weight excluding hydrogens is 466 g/mol. The third-order valence-corrected chi connectivity index (χ3v) is 7.07. The van der Waals surface area contributed by atoms with Crippen LogP contribution in [0.1, 0.15) is 118 Å². The molecule has 0 heterocycles. The number of carbonyl (C=O) groups is 2. The topological polar surface area (TPSA) is 105 Å². The van der Waals surface area contributed by atoms with Crippen LogP contribution in [0.25, 0.3) is 0 Å². The molecule has 0 radical (unpaired) electrons. The Morgan fingerprint density at radius 2 is 1.46 bits per heavy atom. The van der Waals surface area contributed by atoms with Crippen LogP contribution in [0.3, 0.4) is 0 Å². The van der Waals surface area contributed by atoms with E-state index in [2.05, 4.69) is 16.5 Å². The zero-order valence-corrected chi connectivity index (χ0v) is 24.2. The number of hydrogen-bond donors (Lipinski definition) is 3. The smallest absolute Gasteiger partial charge is 0.311 e. The third-order valence-electron chi connectivity index (χ3n) is 6.37. The summed E-state index contributed by atoms with van der Waals surface area (Å²) in [6.07, 6.45) is 16.9. The van der Waals surface area contributed by atoms with Crippen molar-refractivity contribution in [2.75, 3.05) is 25.2 Å². The fourth-order valence-electron chi connectivity index (χ4n) is 3.06. The van der Waals surface area contributed by atoms with E-state index < -0.39 is 11.4 Å². The molecule has 2 unspecified atom stereocenters. The molecule has 3 N–H and O–H groups in total. The van der Waals surface area contributed by atoms with Gasteiger partial charge in [0, 0.05) is 6.54 Å². The van der Waals surface area contributed by atoms with Gasteiger partial charge in [0.15, 0.2) is 0 Å². The first kappa shape index (κ1) is 36.3. The Kier molecular flexibility index (Phi) is 25.8. The zero-order chi connectivity index (χ0) is 27.0. The van der Waals surface area contributed by atoms with E-state index in [0.29, 0.717) is 13.2 Å². The highest BCUT2D eigenvalue weighted by Crippen LogP contribution is 2.21.